The molecule has 4 N–H and O–H groups in total. The Hall–Kier alpha value is -3.14. The van der Waals surface area contributed by atoms with Gasteiger partial charge in [-0.05, 0) is 25.2 Å². The average Bonchev–Trinajstić information content (AvgIpc) is 2.95. The highest BCUT2D eigenvalue weighted by molar-refractivity contribution is 5.91. The van der Waals surface area contributed by atoms with E-state index in [0.717, 1.165) is 6.07 Å². The lowest BCUT2D eigenvalue weighted by molar-refractivity contribution is -0.137. The second kappa shape index (κ2) is 6.64. The van der Waals surface area contributed by atoms with Crippen molar-refractivity contribution in [1.82, 2.24) is 19.7 Å². The van der Waals surface area contributed by atoms with Crippen LogP contribution in [0.4, 0.5) is 24.8 Å². The summed E-state index contributed by atoms with van der Waals surface area (Å²) in [4.78, 5) is 19.5. The smallest absolute Gasteiger partial charge is 0.383 e. The Morgan fingerprint density at radius 1 is 1.27 bits per heavy atom. The number of amides is 1. The van der Waals surface area contributed by atoms with E-state index >= 15 is 0 Å². The molecule has 0 unspecified atom stereocenters. The number of aromatic nitrogens is 3. The van der Waals surface area contributed by atoms with Gasteiger partial charge in [0.15, 0.2) is 5.82 Å². The van der Waals surface area contributed by atoms with Crippen molar-refractivity contribution < 1.29 is 18.0 Å². The number of nitrogens with zero attached hydrogens (tertiary/aromatic N) is 3. The van der Waals surface area contributed by atoms with E-state index in [1.165, 1.54) is 6.20 Å². The summed E-state index contributed by atoms with van der Waals surface area (Å²) in [7, 11) is 1.64. The predicted octanol–water partition coefficient (Wildman–Crippen LogP) is 2.16. The Bertz CT molecular complexity index is 966. The topological polar surface area (TPSA) is 97.3 Å². The molecule has 0 aliphatic rings. The van der Waals surface area contributed by atoms with Crippen molar-refractivity contribution >= 4 is 23.2 Å². The van der Waals surface area contributed by atoms with Crippen LogP contribution in [0, 0.1) is 0 Å². The average molecular weight is 364 g/mol. The molecule has 0 saturated carbocycles. The van der Waals surface area contributed by atoms with Gasteiger partial charge in [-0.25, -0.2) is 9.97 Å². The molecule has 3 aromatic heterocycles. The lowest BCUT2D eigenvalue weighted by atomic mass is 10.1. The first-order valence-electron chi connectivity index (χ1n) is 7.54. The van der Waals surface area contributed by atoms with Crippen molar-refractivity contribution in [2.75, 3.05) is 24.6 Å². The number of rotatable bonds is 4. The van der Waals surface area contributed by atoms with E-state index in [9.17, 15) is 18.0 Å². The summed E-state index contributed by atoms with van der Waals surface area (Å²) in [5.74, 6) is -0.484. The number of alkyl halides is 3. The number of nitrogens with one attached hydrogen (secondary N) is 2. The van der Waals surface area contributed by atoms with Gasteiger partial charge in [0.25, 0.3) is 0 Å². The number of halogens is 3. The van der Waals surface area contributed by atoms with Gasteiger partial charge >= 0.3 is 6.18 Å². The molecule has 0 spiro atoms. The molecule has 26 heavy (non-hydrogen) atoms. The normalized spacial score (nSPS) is 11.7. The first-order valence-corrected chi connectivity index (χ1v) is 7.54. The number of fused-ring (bicyclic) bond motifs is 1. The lowest BCUT2D eigenvalue weighted by Gasteiger charge is -2.11. The zero-order valence-corrected chi connectivity index (χ0v) is 13.6. The van der Waals surface area contributed by atoms with Crippen molar-refractivity contribution in [3.63, 3.8) is 0 Å². The largest absolute Gasteiger partial charge is 0.419 e. The molecule has 136 valence electrons. The Kier molecular flexibility index (Phi) is 4.51. The zero-order valence-electron chi connectivity index (χ0n) is 13.6. The zero-order chi connectivity index (χ0) is 18.9. The number of likely N-dealkylation sites (N-methyl/N-ethyl adjacent to an activating group) is 1. The number of hydrogen-bond donors (Lipinski definition) is 3. The molecule has 3 rings (SSSR count). The number of nitrogen functional groups attached to an aromatic ring is 1. The van der Waals surface area contributed by atoms with Crippen LogP contribution in [0.5, 0.6) is 0 Å². The van der Waals surface area contributed by atoms with Gasteiger partial charge in [-0.1, -0.05) is 0 Å². The van der Waals surface area contributed by atoms with Crippen LogP contribution in [0.25, 0.3) is 16.8 Å². The van der Waals surface area contributed by atoms with Crippen molar-refractivity contribution in [1.29, 1.82) is 0 Å². The fourth-order valence-electron chi connectivity index (χ4n) is 2.43. The van der Waals surface area contributed by atoms with Gasteiger partial charge in [0.1, 0.15) is 11.5 Å². The maximum atomic E-state index is 13.0. The first kappa shape index (κ1) is 17.7. The molecular weight excluding hydrogens is 349 g/mol. The molecule has 0 aliphatic carbocycles. The van der Waals surface area contributed by atoms with E-state index in [-0.39, 0.29) is 18.0 Å². The number of carbonyl (C=O) groups excluding carboxylic acids is 1. The van der Waals surface area contributed by atoms with Gasteiger partial charge in [0.05, 0.1) is 18.3 Å². The summed E-state index contributed by atoms with van der Waals surface area (Å²) < 4.78 is 40.6. The molecule has 1 amide bonds. The monoisotopic (exact) mass is 364 g/mol. The van der Waals surface area contributed by atoms with E-state index in [4.69, 9.17) is 5.73 Å². The standard InChI is InChI=1S/C16H15F3N6O/c1-21-6-14(26)24-12-8-25-7-9(2-3-13(25)23-12)10-4-11(16(17,18)19)15(20)22-5-10/h2-5,7-8,21H,6H2,1H3,(H2,20,22)(H,24,26). The number of carbonyl (C=O) groups is 1. The van der Waals surface area contributed by atoms with Crippen LogP contribution >= 0.6 is 0 Å². The summed E-state index contributed by atoms with van der Waals surface area (Å²) in [6.07, 6.45) is -0.138. The van der Waals surface area contributed by atoms with Gasteiger partial charge in [-0.2, -0.15) is 13.2 Å². The quantitative estimate of drug-likeness (QED) is 0.659. The Morgan fingerprint density at radius 2 is 2.04 bits per heavy atom. The van der Waals surface area contributed by atoms with Gasteiger partial charge in [0.2, 0.25) is 5.91 Å². The second-order valence-corrected chi connectivity index (χ2v) is 5.54. The maximum absolute atomic E-state index is 13.0. The number of imidazole rings is 1. The van der Waals surface area contributed by atoms with E-state index in [2.05, 4.69) is 20.6 Å². The minimum atomic E-state index is -4.59. The van der Waals surface area contributed by atoms with E-state index in [1.54, 1.807) is 36.0 Å². The molecule has 10 heteroatoms. The summed E-state index contributed by atoms with van der Waals surface area (Å²) in [6, 6.07) is 4.21. The minimum Gasteiger partial charge on any atom is -0.383 e. The Morgan fingerprint density at radius 3 is 2.73 bits per heavy atom. The number of anilines is 2. The SMILES string of the molecule is CNCC(=O)Nc1cn2cc(-c3cnc(N)c(C(F)(F)F)c3)ccc2n1. The number of pyridine rings is 2. The van der Waals surface area contributed by atoms with Crippen LogP contribution in [0.1, 0.15) is 5.56 Å². The Labute approximate surface area is 146 Å². The third kappa shape index (κ3) is 3.59. The third-order valence-electron chi connectivity index (χ3n) is 3.61. The van der Waals surface area contributed by atoms with E-state index < -0.39 is 17.6 Å². The van der Waals surface area contributed by atoms with Gasteiger partial charge in [-0.3, -0.25) is 4.79 Å². The molecule has 3 heterocycles. The third-order valence-corrected chi connectivity index (χ3v) is 3.61. The summed E-state index contributed by atoms with van der Waals surface area (Å²) in [5, 5.41) is 5.34. The van der Waals surface area contributed by atoms with E-state index in [0.29, 0.717) is 17.0 Å². The van der Waals surface area contributed by atoms with Crippen molar-refractivity contribution in [2.24, 2.45) is 0 Å². The van der Waals surface area contributed by atoms with Crippen molar-refractivity contribution in [3.8, 4) is 11.1 Å². The van der Waals surface area contributed by atoms with Crippen molar-refractivity contribution in [3.05, 3.63) is 42.4 Å². The van der Waals surface area contributed by atoms with Gasteiger partial charge < -0.3 is 20.8 Å². The minimum absolute atomic E-state index is 0.135. The molecule has 0 atom stereocenters. The molecule has 3 aromatic rings. The number of hydrogen-bond acceptors (Lipinski definition) is 5. The lowest BCUT2D eigenvalue weighted by Crippen LogP contribution is -2.25. The summed E-state index contributed by atoms with van der Waals surface area (Å²) >= 11 is 0. The van der Waals surface area contributed by atoms with Gasteiger partial charge in [0, 0.05) is 23.5 Å². The van der Waals surface area contributed by atoms with Crippen molar-refractivity contribution in [2.45, 2.75) is 6.18 Å². The molecular formula is C16H15F3N6O. The van der Waals surface area contributed by atoms with Crippen LogP contribution in [0.3, 0.4) is 0 Å². The van der Waals surface area contributed by atoms with E-state index in [1.807, 2.05) is 0 Å². The molecule has 0 bridgehead atoms. The first-order chi connectivity index (χ1) is 12.3. The van der Waals surface area contributed by atoms with Gasteiger partial charge in [-0.15, -0.1) is 0 Å². The second-order valence-electron chi connectivity index (χ2n) is 5.54. The fraction of sp³-hybridized carbons (Fsp3) is 0.188. The summed E-state index contributed by atoms with van der Waals surface area (Å²) in [6.45, 7) is 0.135. The molecule has 0 fully saturated rings. The molecule has 0 aliphatic heterocycles. The predicted molar refractivity (Wildman–Crippen MR) is 90.4 cm³/mol. The molecule has 0 radical (unpaired) electrons. The maximum Gasteiger partial charge on any atom is 0.419 e. The van der Waals surface area contributed by atoms with Crippen LogP contribution in [-0.4, -0.2) is 33.9 Å². The number of nitrogens with two attached hydrogens (primary N) is 1. The molecule has 0 aromatic carbocycles. The molecule has 7 nitrogen and oxygen atoms in total. The fourth-order valence-corrected chi connectivity index (χ4v) is 2.43. The summed E-state index contributed by atoms with van der Waals surface area (Å²) in [5.41, 5.74) is 5.64. The van der Waals surface area contributed by atoms with Crippen LogP contribution < -0.4 is 16.4 Å². The van der Waals surface area contributed by atoms with Crippen LogP contribution in [0.2, 0.25) is 0 Å². The highest BCUT2D eigenvalue weighted by atomic mass is 19.4. The Balaban J connectivity index is 1.95. The molecule has 0 saturated heterocycles. The van der Waals surface area contributed by atoms with Crippen LogP contribution in [-0.2, 0) is 11.0 Å². The highest BCUT2D eigenvalue weighted by Crippen LogP contribution is 2.35. The van der Waals surface area contributed by atoms with Crippen LogP contribution in [0.15, 0.2) is 36.8 Å². The highest BCUT2D eigenvalue weighted by Gasteiger charge is 2.34.